The quantitative estimate of drug-likeness (QED) is 0.160. The average molecular weight is 725 g/mol. The third-order valence-electron chi connectivity index (χ3n) is 8.39. The Morgan fingerprint density at radius 2 is 0.841 bits per heavy atom. The molecule has 0 radical (unpaired) electrons. The second kappa shape index (κ2) is 12.4. The van der Waals surface area contributed by atoms with Gasteiger partial charge in [0.15, 0.2) is 0 Å². The zero-order valence-electron chi connectivity index (χ0n) is 27.2. The molecule has 0 saturated heterocycles. The van der Waals surface area contributed by atoms with Crippen LogP contribution in [0, 0.1) is 13.8 Å². The van der Waals surface area contributed by atoms with E-state index in [1.54, 1.807) is 0 Å². The zero-order chi connectivity index (χ0) is 32.9. The predicted octanol–water partition coefficient (Wildman–Crippen LogP) is 10.6. The van der Waals surface area contributed by atoms with Gasteiger partial charge in [0.1, 0.15) is 23.0 Å². The number of halogens is 2. The second-order valence-corrected chi connectivity index (χ2v) is 15.9. The molecule has 0 fully saturated rings. The van der Waals surface area contributed by atoms with Crippen molar-refractivity contribution in [3.05, 3.63) is 113 Å². The maximum absolute atomic E-state index is 11.2. The molecule has 0 aliphatic carbocycles. The van der Waals surface area contributed by atoms with Gasteiger partial charge in [-0.05, 0) is 115 Å². The lowest BCUT2D eigenvalue weighted by Gasteiger charge is -2.23. The fraction of sp³-hybridized carbons (Fsp3) is 0.368. The van der Waals surface area contributed by atoms with Gasteiger partial charge in [0, 0.05) is 28.2 Å². The van der Waals surface area contributed by atoms with E-state index in [1.165, 1.54) is 0 Å². The molecular formula is C38H44Br2O4. The summed E-state index contributed by atoms with van der Waals surface area (Å²) in [5.41, 5.74) is 8.53. The first-order valence-corrected chi connectivity index (χ1v) is 16.5. The van der Waals surface area contributed by atoms with Crippen LogP contribution >= 0.6 is 31.9 Å². The van der Waals surface area contributed by atoms with E-state index in [2.05, 4.69) is 85.5 Å². The van der Waals surface area contributed by atoms with Gasteiger partial charge in [-0.25, -0.2) is 0 Å². The highest BCUT2D eigenvalue weighted by atomic mass is 79.9. The highest BCUT2D eigenvalue weighted by molar-refractivity contribution is 9.10. The molecule has 6 heteroatoms. The minimum absolute atomic E-state index is 0.224. The van der Waals surface area contributed by atoms with Gasteiger partial charge >= 0.3 is 0 Å². The lowest BCUT2D eigenvalue weighted by atomic mass is 9.83. The number of aryl methyl sites for hydroxylation is 2. The number of aromatic hydroxyl groups is 4. The molecule has 4 aromatic carbocycles. The van der Waals surface area contributed by atoms with Crippen molar-refractivity contribution in [3.8, 4) is 23.0 Å². The Balaban J connectivity index is 1.73. The van der Waals surface area contributed by atoms with E-state index in [4.69, 9.17) is 0 Å². The smallest absolute Gasteiger partial charge is 0.133 e. The summed E-state index contributed by atoms with van der Waals surface area (Å²) in [7, 11) is 0. The van der Waals surface area contributed by atoms with E-state index in [1.807, 2.05) is 57.2 Å². The van der Waals surface area contributed by atoms with E-state index in [9.17, 15) is 20.4 Å². The Morgan fingerprint density at radius 3 is 1.16 bits per heavy atom. The molecule has 4 rings (SSSR count). The first kappa shape index (κ1) is 33.9. The lowest BCUT2D eigenvalue weighted by Crippen LogP contribution is -2.12. The fourth-order valence-electron chi connectivity index (χ4n) is 5.93. The van der Waals surface area contributed by atoms with Crippen molar-refractivity contribution in [2.75, 3.05) is 0 Å². The molecule has 4 aromatic rings. The molecule has 0 aliphatic heterocycles. The summed E-state index contributed by atoms with van der Waals surface area (Å²) in [4.78, 5) is 0. The molecule has 0 bridgehead atoms. The number of phenols is 4. The van der Waals surface area contributed by atoms with Crippen LogP contribution in [0.2, 0.25) is 0 Å². The monoisotopic (exact) mass is 722 g/mol. The molecule has 0 heterocycles. The maximum atomic E-state index is 11.2. The molecule has 0 aromatic heterocycles. The summed E-state index contributed by atoms with van der Waals surface area (Å²) in [6.07, 6.45) is 1.25. The summed E-state index contributed by atoms with van der Waals surface area (Å²) in [5.74, 6) is 0.696. The van der Waals surface area contributed by atoms with Gasteiger partial charge in [0.25, 0.3) is 0 Å². The zero-order valence-corrected chi connectivity index (χ0v) is 30.3. The summed E-state index contributed by atoms with van der Waals surface area (Å²) < 4.78 is 1.33. The van der Waals surface area contributed by atoms with Crippen LogP contribution in [0.25, 0.3) is 0 Å². The lowest BCUT2D eigenvalue weighted by molar-refractivity contribution is 0.442. The van der Waals surface area contributed by atoms with Crippen LogP contribution in [-0.2, 0) is 23.7 Å². The van der Waals surface area contributed by atoms with Gasteiger partial charge in [-0.1, -0.05) is 84.9 Å². The Bertz CT molecular complexity index is 1600. The molecule has 0 unspecified atom stereocenters. The average Bonchev–Trinajstić information content (AvgIpc) is 2.90. The van der Waals surface area contributed by atoms with Crippen LogP contribution in [0.1, 0.15) is 110 Å². The summed E-state index contributed by atoms with van der Waals surface area (Å²) in [5, 5.41) is 43.8. The normalized spacial score (nSPS) is 12.3. The van der Waals surface area contributed by atoms with Gasteiger partial charge in [-0.3, -0.25) is 0 Å². The first-order chi connectivity index (χ1) is 20.3. The van der Waals surface area contributed by atoms with Crippen molar-refractivity contribution >= 4 is 31.9 Å². The third-order valence-corrected chi connectivity index (χ3v) is 9.60. The van der Waals surface area contributed by atoms with Crippen LogP contribution < -0.4 is 0 Å². The molecule has 0 saturated carbocycles. The third kappa shape index (κ3) is 7.13. The van der Waals surface area contributed by atoms with E-state index >= 15 is 0 Å². The maximum Gasteiger partial charge on any atom is 0.133 e. The van der Waals surface area contributed by atoms with Crippen LogP contribution in [-0.4, -0.2) is 20.4 Å². The molecule has 234 valence electrons. The largest absolute Gasteiger partial charge is 0.507 e. The first-order valence-electron chi connectivity index (χ1n) is 15.0. The van der Waals surface area contributed by atoms with Crippen LogP contribution in [0.4, 0.5) is 0 Å². The topological polar surface area (TPSA) is 80.9 Å². The van der Waals surface area contributed by atoms with Crippen LogP contribution in [0.5, 0.6) is 23.0 Å². The van der Waals surface area contributed by atoms with Gasteiger partial charge < -0.3 is 20.4 Å². The van der Waals surface area contributed by atoms with Crippen molar-refractivity contribution in [2.24, 2.45) is 0 Å². The van der Waals surface area contributed by atoms with Crippen molar-refractivity contribution in [3.63, 3.8) is 0 Å². The van der Waals surface area contributed by atoms with Crippen molar-refractivity contribution in [1.82, 2.24) is 0 Å². The second-order valence-electron chi connectivity index (χ2n) is 14.2. The molecule has 0 atom stereocenters. The fourth-order valence-corrected chi connectivity index (χ4v) is 6.94. The van der Waals surface area contributed by atoms with E-state index < -0.39 is 0 Å². The Hall–Kier alpha value is -2.96. The number of rotatable bonds is 6. The van der Waals surface area contributed by atoms with Gasteiger partial charge in [0.05, 0.1) is 8.95 Å². The van der Waals surface area contributed by atoms with Crippen molar-refractivity contribution in [1.29, 1.82) is 0 Å². The van der Waals surface area contributed by atoms with Crippen molar-refractivity contribution in [2.45, 2.75) is 91.9 Å². The molecule has 0 spiro atoms. The predicted molar refractivity (Wildman–Crippen MR) is 188 cm³/mol. The molecule has 4 nitrogen and oxygen atoms in total. The molecule has 0 aliphatic rings. The molecule has 0 amide bonds. The Kier molecular flexibility index (Phi) is 9.59. The summed E-state index contributed by atoms with van der Waals surface area (Å²) in [6, 6.07) is 16.0. The Labute approximate surface area is 279 Å². The van der Waals surface area contributed by atoms with Crippen LogP contribution in [0.15, 0.2) is 57.5 Å². The molecular weight excluding hydrogens is 680 g/mol. The van der Waals surface area contributed by atoms with Gasteiger partial charge in [-0.15, -0.1) is 0 Å². The number of phenolic OH excluding ortho intramolecular Hbond substituents is 4. The van der Waals surface area contributed by atoms with Gasteiger partial charge in [0.2, 0.25) is 0 Å². The van der Waals surface area contributed by atoms with Crippen LogP contribution in [0.3, 0.4) is 0 Å². The molecule has 4 N–H and O–H groups in total. The minimum Gasteiger partial charge on any atom is -0.507 e. The highest BCUT2D eigenvalue weighted by Crippen LogP contribution is 2.42. The van der Waals surface area contributed by atoms with E-state index in [-0.39, 0.29) is 39.7 Å². The number of benzene rings is 4. The highest BCUT2D eigenvalue weighted by Gasteiger charge is 2.24. The standard InChI is InChI=1S/C38H44Br2O4/c1-20-10-23(12-25-16-29(37(4,5)6)35(43)31(39)18-25)14-27(33(20)41)22(3)28-15-24(11-21(2)34(28)42)13-26-17-30(38(7,8)9)36(44)32(40)19-26/h10-11,14-19,22,41-44H,12-13H2,1-9H3. The molecule has 44 heavy (non-hydrogen) atoms. The summed E-state index contributed by atoms with van der Waals surface area (Å²) in [6.45, 7) is 18.3. The Morgan fingerprint density at radius 1 is 0.523 bits per heavy atom. The van der Waals surface area contributed by atoms with E-state index in [0.717, 1.165) is 55.6 Å². The summed E-state index contributed by atoms with van der Waals surface area (Å²) >= 11 is 7.06. The minimum atomic E-state index is -0.277. The van der Waals surface area contributed by atoms with Crippen molar-refractivity contribution < 1.29 is 20.4 Å². The van der Waals surface area contributed by atoms with E-state index in [0.29, 0.717) is 21.8 Å². The number of hydrogen-bond donors (Lipinski definition) is 4. The SMILES string of the molecule is Cc1cc(Cc2cc(Br)c(O)c(C(C)(C)C)c2)cc(C(C)c2cc(Cc3cc(Br)c(O)c(C(C)(C)C)c3)cc(C)c2O)c1O. The number of hydrogen-bond acceptors (Lipinski definition) is 4. The van der Waals surface area contributed by atoms with Gasteiger partial charge in [-0.2, -0.15) is 0 Å².